The normalized spacial score (nSPS) is 13.5. The zero-order chi connectivity index (χ0) is 45.6. The third-order valence-electron chi connectivity index (χ3n) is 9.76. The molecule has 0 aromatic heterocycles. The van der Waals surface area contributed by atoms with Gasteiger partial charge >= 0.3 is 0 Å². The van der Waals surface area contributed by atoms with E-state index in [-0.39, 0.29) is 6.61 Å². The van der Waals surface area contributed by atoms with Crippen LogP contribution >= 0.6 is 51.7 Å². The van der Waals surface area contributed by atoms with E-state index in [9.17, 15) is 0 Å². The van der Waals surface area contributed by atoms with Gasteiger partial charge in [-0.05, 0) is 133 Å². The van der Waals surface area contributed by atoms with Gasteiger partial charge in [0, 0.05) is 73.4 Å². The van der Waals surface area contributed by atoms with E-state index in [0.29, 0.717) is 29.9 Å². The first-order valence-corrected chi connectivity index (χ1v) is 25.2. The molecule has 6 aromatic rings. The van der Waals surface area contributed by atoms with Crippen LogP contribution in [0.4, 0.5) is 34.1 Å². The zero-order valence-electron chi connectivity index (χ0n) is 36.4. The van der Waals surface area contributed by atoms with Crippen molar-refractivity contribution in [2.24, 2.45) is 0 Å². The molecule has 2 aliphatic rings. The van der Waals surface area contributed by atoms with E-state index in [2.05, 4.69) is 137 Å². The minimum atomic E-state index is -0.960. The van der Waals surface area contributed by atoms with Crippen molar-refractivity contribution >= 4 is 96.1 Å². The number of methoxy groups -OCH3 is 2. The molecule has 2 fully saturated rings. The lowest BCUT2D eigenvalue weighted by Gasteiger charge is -2.30. The van der Waals surface area contributed by atoms with Crippen molar-refractivity contribution < 1.29 is 19.1 Å². The Morgan fingerprint density at radius 3 is 1.22 bits per heavy atom. The Hall–Kier alpha value is -5.43. The van der Waals surface area contributed by atoms with Gasteiger partial charge in [0.2, 0.25) is 8.45 Å². The number of para-hydroxylation sites is 4. The predicted molar refractivity (Wildman–Crippen MR) is 282 cm³/mol. The summed E-state index contributed by atoms with van der Waals surface area (Å²) >= 11 is 17.0. The lowest BCUT2D eigenvalue weighted by Crippen LogP contribution is -2.31. The van der Waals surface area contributed by atoms with Crippen LogP contribution in [0.3, 0.4) is 0 Å². The average molecular weight is 970 g/mol. The molecule has 2 saturated heterocycles. The highest BCUT2D eigenvalue weighted by atomic mass is 35.7. The lowest BCUT2D eigenvalue weighted by molar-refractivity contribution is 0.300. The maximum atomic E-state index is 8.58. The van der Waals surface area contributed by atoms with Crippen LogP contribution in [0.15, 0.2) is 170 Å². The number of hydrogen-bond donors (Lipinski definition) is 5. The molecule has 65 heavy (non-hydrogen) atoms. The van der Waals surface area contributed by atoms with Crippen molar-refractivity contribution in [1.29, 1.82) is 0 Å². The summed E-state index contributed by atoms with van der Waals surface area (Å²) in [4.78, 5) is 0. The average Bonchev–Trinajstić information content (AvgIpc) is 3.97. The number of thiocarbonyl (C=S) groups is 2. The molecule has 0 radical (unpaired) electrons. The van der Waals surface area contributed by atoms with Crippen LogP contribution in [0.2, 0.25) is 0 Å². The second kappa shape index (κ2) is 26.5. The van der Waals surface area contributed by atoms with E-state index in [0.717, 1.165) is 49.1 Å². The molecular weight excluding hydrogens is 914 g/mol. The van der Waals surface area contributed by atoms with Crippen LogP contribution < -0.4 is 49.4 Å². The molecule has 5 N–H and O–H groups in total. The minimum absolute atomic E-state index is 0.0600. The number of hydrogen-bond acceptors (Lipinski definition) is 10. The Labute approximate surface area is 401 Å². The third kappa shape index (κ3) is 15.1. The zero-order valence-corrected chi connectivity index (χ0v) is 40.6. The Kier molecular flexibility index (Phi) is 20.0. The summed E-state index contributed by atoms with van der Waals surface area (Å²) in [6.45, 7) is 5.48. The van der Waals surface area contributed by atoms with Crippen molar-refractivity contribution in [2.45, 2.75) is 0 Å². The fraction of sp³-hybridized carbons (Fsp3) is 0.208. The van der Waals surface area contributed by atoms with Crippen molar-refractivity contribution in [3.05, 3.63) is 170 Å². The lowest BCUT2D eigenvalue weighted by atomic mass is 10.3. The van der Waals surface area contributed by atoms with Crippen LogP contribution in [-0.2, 0) is 4.52 Å². The number of aliphatic hydroxyl groups excluding tert-OH is 1. The highest BCUT2D eigenvalue weighted by Crippen LogP contribution is 2.56. The summed E-state index contributed by atoms with van der Waals surface area (Å²) in [5, 5.41) is 21.9. The molecule has 12 nitrogen and oxygen atoms in total. The van der Waals surface area contributed by atoms with Crippen LogP contribution in [0.5, 0.6) is 11.5 Å². The largest absolute Gasteiger partial charge is 0.497 e. The summed E-state index contributed by atoms with van der Waals surface area (Å²) in [6, 6.07) is 56.7. The van der Waals surface area contributed by atoms with Crippen LogP contribution in [0.1, 0.15) is 0 Å². The number of ether oxygens (including phenoxy) is 2. The number of anilines is 6. The van der Waals surface area contributed by atoms with Crippen molar-refractivity contribution in [1.82, 2.24) is 10.6 Å². The van der Waals surface area contributed by atoms with Gasteiger partial charge in [0.05, 0.1) is 27.4 Å². The number of rotatable bonds is 14. The van der Waals surface area contributed by atoms with E-state index in [1.807, 2.05) is 72.8 Å². The molecule has 2 aliphatic heterocycles. The highest BCUT2D eigenvalue weighted by Gasteiger charge is 2.35. The SMILES string of the molecule is COc1ccc(NC(=S)NCCO)cc1.COc1ccc(NC(=S)NCCOP2N(c3ccccc3)CCN2c2ccccc2)cc1.ClP1N(c2ccccc2)CCN1c1ccccc1. The van der Waals surface area contributed by atoms with Gasteiger partial charge in [0.15, 0.2) is 17.8 Å². The molecular formula is C48H55ClN8O4P2S2. The summed E-state index contributed by atoms with van der Waals surface area (Å²) in [6.07, 6.45) is 0. The molecule has 0 aliphatic carbocycles. The van der Waals surface area contributed by atoms with Crippen molar-refractivity contribution in [3.63, 3.8) is 0 Å². The molecule has 0 bridgehead atoms. The van der Waals surface area contributed by atoms with Crippen LogP contribution in [0.25, 0.3) is 0 Å². The van der Waals surface area contributed by atoms with Gasteiger partial charge in [0.25, 0.3) is 0 Å². The molecule has 6 aromatic carbocycles. The Balaban J connectivity index is 0.000000179. The maximum absolute atomic E-state index is 8.58. The number of aliphatic hydroxyl groups is 1. The Bertz CT molecular complexity index is 2210. The first kappa shape index (κ1) is 49.0. The van der Waals surface area contributed by atoms with Gasteiger partial charge in [-0.3, -0.25) is 0 Å². The molecule has 0 atom stereocenters. The minimum Gasteiger partial charge on any atom is -0.497 e. The maximum Gasteiger partial charge on any atom is 0.248 e. The molecule has 8 rings (SSSR count). The molecule has 340 valence electrons. The first-order chi connectivity index (χ1) is 31.9. The fourth-order valence-electron chi connectivity index (χ4n) is 6.58. The molecule has 0 spiro atoms. The van der Waals surface area contributed by atoms with Gasteiger partial charge in [-0.1, -0.05) is 72.8 Å². The Morgan fingerprint density at radius 1 is 0.523 bits per heavy atom. The molecule has 17 heteroatoms. The summed E-state index contributed by atoms with van der Waals surface area (Å²) in [5.74, 6) is 1.61. The standard InChI is InChI=1S/C24H27N4O2PS.C14H14ClN2P.C10H14N2O2S/c1-29-23-14-12-20(13-15-23)26-24(32)25-16-19-30-31-27(21-8-4-2-5-9-21)17-18-28(31)22-10-6-3-7-11-22;15-18-16(13-7-3-1-4-8-13)11-12-17(18)14-9-5-2-6-10-14;1-14-9-4-2-8(3-5-9)12-10(15)11-6-7-13/h2-15H,16-19H2,1H3,(H2,25,26,32);1-10H,11-12H2;2-5,13H,6-7H2,1H3,(H2,11,12,15). The van der Waals surface area contributed by atoms with Gasteiger partial charge < -0.3 is 59.1 Å². The van der Waals surface area contributed by atoms with E-state index in [1.54, 1.807) is 14.2 Å². The quantitative estimate of drug-likeness (QED) is 0.0406. The number of nitrogens with zero attached hydrogens (tertiary/aromatic N) is 4. The van der Waals surface area contributed by atoms with E-state index < -0.39 is 16.0 Å². The summed E-state index contributed by atoms with van der Waals surface area (Å²) < 4.78 is 25.9. The number of halogens is 1. The molecule has 0 unspecified atom stereocenters. The number of benzene rings is 6. The fourth-order valence-corrected chi connectivity index (χ4v) is 11.4. The van der Waals surface area contributed by atoms with Crippen LogP contribution in [-0.4, -0.2) is 82.0 Å². The summed E-state index contributed by atoms with van der Waals surface area (Å²) in [7, 11) is 1.51. The smallest absolute Gasteiger partial charge is 0.248 e. The van der Waals surface area contributed by atoms with E-state index in [4.69, 9.17) is 54.8 Å². The second-order valence-corrected chi connectivity index (χ2v) is 19.0. The molecule has 0 amide bonds. The monoisotopic (exact) mass is 968 g/mol. The van der Waals surface area contributed by atoms with Crippen molar-refractivity contribution in [3.8, 4) is 11.5 Å². The van der Waals surface area contributed by atoms with Gasteiger partial charge in [-0.15, -0.1) is 0 Å². The van der Waals surface area contributed by atoms with Gasteiger partial charge in [0.1, 0.15) is 11.5 Å². The van der Waals surface area contributed by atoms with Crippen molar-refractivity contribution in [2.75, 3.05) is 96.0 Å². The van der Waals surface area contributed by atoms with Gasteiger partial charge in [-0.2, -0.15) is 0 Å². The Morgan fingerprint density at radius 2 is 0.862 bits per heavy atom. The highest BCUT2D eigenvalue weighted by molar-refractivity contribution is 7.86. The third-order valence-corrected chi connectivity index (χ3v) is 15.1. The van der Waals surface area contributed by atoms with E-state index >= 15 is 0 Å². The summed E-state index contributed by atoms with van der Waals surface area (Å²) in [5.41, 5.74) is 6.57. The first-order valence-electron chi connectivity index (χ1n) is 21.0. The predicted octanol–water partition coefficient (Wildman–Crippen LogP) is 10.7. The van der Waals surface area contributed by atoms with Crippen LogP contribution in [0, 0.1) is 0 Å². The van der Waals surface area contributed by atoms with Gasteiger partial charge in [-0.25, -0.2) is 0 Å². The molecule has 0 saturated carbocycles. The van der Waals surface area contributed by atoms with E-state index in [1.165, 1.54) is 22.7 Å². The second-order valence-electron chi connectivity index (χ2n) is 14.1. The number of nitrogens with one attached hydrogen (secondary N) is 4. The molecule has 2 heterocycles. The topological polar surface area (TPSA) is 109 Å².